The van der Waals surface area contributed by atoms with Gasteiger partial charge in [-0.1, -0.05) is 115 Å². The molecule has 7 aromatic rings. The van der Waals surface area contributed by atoms with Gasteiger partial charge in [0.25, 0.3) is 0 Å². The first-order valence-corrected chi connectivity index (χ1v) is 13.9. The fraction of sp³-hybridized carbons (Fsp3) is 0. The van der Waals surface area contributed by atoms with Crippen molar-refractivity contribution in [2.45, 2.75) is 0 Å². The molecule has 0 saturated carbocycles. The van der Waals surface area contributed by atoms with Crippen LogP contribution in [0.4, 0.5) is 17.1 Å². The number of hydrogen-bond donors (Lipinski definition) is 0. The van der Waals surface area contributed by atoms with E-state index in [4.69, 9.17) is 14.4 Å². The maximum absolute atomic E-state index is 6.33. The Bertz CT molecular complexity index is 1790. The molecule has 2 aromatic heterocycles. The van der Waals surface area contributed by atoms with E-state index in [1.54, 1.807) is 0 Å². The average Bonchev–Trinajstić information content (AvgIpc) is 3.53. The lowest BCUT2D eigenvalue weighted by molar-refractivity contribution is 0.586. The summed E-state index contributed by atoms with van der Waals surface area (Å²) in [6.07, 6.45) is 1.88. The van der Waals surface area contributed by atoms with Crippen molar-refractivity contribution >= 4 is 17.1 Å². The Labute approximate surface area is 245 Å². The zero-order valence-corrected chi connectivity index (χ0v) is 22.8. The Balaban J connectivity index is 1.19. The molecule has 42 heavy (non-hydrogen) atoms. The summed E-state index contributed by atoms with van der Waals surface area (Å²) in [4.78, 5) is 11.9. The zero-order valence-electron chi connectivity index (χ0n) is 22.8. The van der Waals surface area contributed by atoms with Gasteiger partial charge < -0.3 is 9.32 Å². The van der Waals surface area contributed by atoms with E-state index in [1.807, 2.05) is 85.1 Å². The fourth-order valence-electron chi connectivity index (χ4n) is 5.10. The number of pyridine rings is 1. The highest BCUT2D eigenvalue weighted by molar-refractivity contribution is 5.80. The Morgan fingerprint density at radius 3 is 1.48 bits per heavy atom. The van der Waals surface area contributed by atoms with E-state index >= 15 is 0 Å². The highest BCUT2D eigenvalue weighted by Gasteiger charge is 2.19. The molecule has 0 radical (unpaired) electrons. The van der Waals surface area contributed by atoms with Crippen LogP contribution in [0.1, 0.15) is 0 Å². The number of anilines is 3. The zero-order chi connectivity index (χ0) is 28.1. The summed E-state index contributed by atoms with van der Waals surface area (Å²) in [6.45, 7) is 0. The van der Waals surface area contributed by atoms with Crippen molar-refractivity contribution in [1.29, 1.82) is 0 Å². The molecule has 0 spiro atoms. The third-order valence-corrected chi connectivity index (χ3v) is 7.18. The van der Waals surface area contributed by atoms with E-state index in [9.17, 15) is 0 Å². The molecule has 0 saturated heterocycles. The van der Waals surface area contributed by atoms with Gasteiger partial charge in [-0.3, -0.25) is 4.98 Å². The van der Waals surface area contributed by atoms with Gasteiger partial charge in [-0.05, 0) is 48.0 Å². The lowest BCUT2D eigenvalue weighted by Gasteiger charge is -2.25. The molecule has 0 unspecified atom stereocenters. The van der Waals surface area contributed by atoms with E-state index in [0.717, 1.165) is 50.8 Å². The summed E-state index contributed by atoms with van der Waals surface area (Å²) in [5, 5.41) is 0. The third kappa shape index (κ3) is 5.09. The van der Waals surface area contributed by atoms with Gasteiger partial charge in [0, 0.05) is 39.9 Å². The van der Waals surface area contributed by atoms with Gasteiger partial charge in [-0.25, -0.2) is 4.98 Å². The van der Waals surface area contributed by atoms with Crippen LogP contribution in [-0.2, 0) is 0 Å². The second-order valence-electron chi connectivity index (χ2n) is 9.91. The maximum atomic E-state index is 6.33. The summed E-state index contributed by atoms with van der Waals surface area (Å²) in [7, 11) is 0. The van der Waals surface area contributed by atoms with Crippen LogP contribution in [0.25, 0.3) is 45.3 Å². The van der Waals surface area contributed by atoms with Crippen LogP contribution in [0.5, 0.6) is 0 Å². The second kappa shape index (κ2) is 11.4. The lowest BCUT2D eigenvalue weighted by Crippen LogP contribution is -2.09. The Morgan fingerprint density at radius 2 is 0.929 bits per heavy atom. The van der Waals surface area contributed by atoms with Crippen molar-refractivity contribution in [1.82, 2.24) is 9.97 Å². The molecule has 0 aliphatic heterocycles. The molecule has 0 amide bonds. The standard InChI is InChI=1S/C38H27N3O/c1-5-13-29(14-6-1)36-37(30-15-7-2-8-16-30)42-38(40-36)35-26-23-31(27-39-35)28-21-24-34(25-22-28)41(32-17-9-3-10-18-32)33-19-11-4-12-20-33/h1-27H. The monoisotopic (exact) mass is 541 g/mol. The van der Waals surface area contributed by atoms with Gasteiger partial charge in [0.2, 0.25) is 5.89 Å². The number of para-hydroxylation sites is 2. The topological polar surface area (TPSA) is 42.2 Å². The van der Waals surface area contributed by atoms with Gasteiger partial charge in [0.1, 0.15) is 11.4 Å². The van der Waals surface area contributed by atoms with E-state index in [-0.39, 0.29) is 0 Å². The molecule has 5 aromatic carbocycles. The fourth-order valence-corrected chi connectivity index (χ4v) is 5.10. The van der Waals surface area contributed by atoms with Crippen molar-refractivity contribution in [2.24, 2.45) is 0 Å². The van der Waals surface area contributed by atoms with Crippen molar-refractivity contribution < 1.29 is 4.42 Å². The summed E-state index contributed by atoms with van der Waals surface area (Å²) in [5.41, 5.74) is 8.89. The number of benzene rings is 5. The summed E-state index contributed by atoms with van der Waals surface area (Å²) in [5.74, 6) is 1.23. The number of oxazole rings is 1. The molecule has 200 valence electrons. The van der Waals surface area contributed by atoms with Crippen molar-refractivity contribution in [2.75, 3.05) is 4.90 Å². The predicted octanol–water partition coefficient (Wildman–Crippen LogP) is 10.2. The van der Waals surface area contributed by atoms with Gasteiger partial charge in [0.15, 0.2) is 5.76 Å². The normalized spacial score (nSPS) is 10.9. The van der Waals surface area contributed by atoms with Crippen LogP contribution < -0.4 is 4.90 Å². The average molecular weight is 542 g/mol. The lowest BCUT2D eigenvalue weighted by atomic mass is 10.1. The van der Waals surface area contributed by atoms with E-state index < -0.39 is 0 Å². The minimum absolute atomic E-state index is 0.496. The first-order valence-electron chi connectivity index (χ1n) is 13.9. The van der Waals surface area contributed by atoms with Crippen molar-refractivity contribution in [3.05, 3.63) is 164 Å². The summed E-state index contributed by atoms with van der Waals surface area (Å²) >= 11 is 0. The molecular formula is C38H27N3O. The smallest absolute Gasteiger partial charge is 0.246 e. The largest absolute Gasteiger partial charge is 0.434 e. The quantitative estimate of drug-likeness (QED) is 0.201. The maximum Gasteiger partial charge on any atom is 0.246 e. The Kier molecular flexibility index (Phi) is 6.85. The summed E-state index contributed by atoms with van der Waals surface area (Å²) < 4.78 is 6.33. The molecule has 0 aliphatic carbocycles. The molecule has 0 atom stereocenters. The van der Waals surface area contributed by atoms with Gasteiger partial charge in [0.05, 0.1) is 0 Å². The van der Waals surface area contributed by atoms with E-state index in [1.165, 1.54) is 0 Å². The SMILES string of the molecule is c1ccc(-c2nc(-c3ccc(-c4ccc(N(c5ccccc5)c5ccccc5)cc4)cn3)oc2-c2ccccc2)cc1. The highest BCUT2D eigenvalue weighted by Crippen LogP contribution is 2.37. The van der Waals surface area contributed by atoms with Gasteiger partial charge >= 0.3 is 0 Å². The van der Waals surface area contributed by atoms with Crippen LogP contribution in [0.3, 0.4) is 0 Å². The van der Waals surface area contributed by atoms with Crippen molar-refractivity contribution in [3.8, 4) is 45.3 Å². The van der Waals surface area contributed by atoms with Crippen LogP contribution in [-0.4, -0.2) is 9.97 Å². The second-order valence-corrected chi connectivity index (χ2v) is 9.91. The van der Waals surface area contributed by atoms with Crippen LogP contribution in [0.2, 0.25) is 0 Å². The number of nitrogens with zero attached hydrogens (tertiary/aromatic N) is 3. The first-order chi connectivity index (χ1) is 20.8. The number of aromatic nitrogens is 2. The Morgan fingerprint density at radius 1 is 0.429 bits per heavy atom. The summed E-state index contributed by atoms with van der Waals surface area (Å²) in [6, 6.07) is 53.6. The van der Waals surface area contributed by atoms with Crippen LogP contribution in [0.15, 0.2) is 168 Å². The molecule has 0 aliphatic rings. The van der Waals surface area contributed by atoms with Crippen LogP contribution in [0, 0.1) is 0 Å². The van der Waals surface area contributed by atoms with Crippen molar-refractivity contribution in [3.63, 3.8) is 0 Å². The van der Waals surface area contributed by atoms with Gasteiger partial charge in [-0.2, -0.15) is 0 Å². The highest BCUT2D eigenvalue weighted by atomic mass is 16.4. The molecular weight excluding hydrogens is 514 g/mol. The molecule has 0 fully saturated rings. The molecule has 7 rings (SSSR count). The molecule has 0 N–H and O–H groups in total. The van der Waals surface area contributed by atoms with Crippen LogP contribution >= 0.6 is 0 Å². The molecule has 4 nitrogen and oxygen atoms in total. The molecule has 0 bridgehead atoms. The predicted molar refractivity (Wildman–Crippen MR) is 171 cm³/mol. The third-order valence-electron chi connectivity index (χ3n) is 7.18. The Hall–Kier alpha value is -5.74. The first kappa shape index (κ1) is 25.2. The van der Waals surface area contributed by atoms with E-state index in [2.05, 4.69) is 83.8 Å². The number of rotatable bonds is 7. The number of hydrogen-bond acceptors (Lipinski definition) is 4. The van der Waals surface area contributed by atoms with Gasteiger partial charge in [-0.15, -0.1) is 0 Å². The molecule has 4 heteroatoms. The molecule has 2 heterocycles. The minimum Gasteiger partial charge on any atom is -0.434 e. The van der Waals surface area contributed by atoms with E-state index in [0.29, 0.717) is 11.6 Å². The minimum atomic E-state index is 0.496.